The Morgan fingerprint density at radius 3 is 2.31 bits per heavy atom. The van der Waals surface area contributed by atoms with E-state index in [9.17, 15) is 9.59 Å². The van der Waals surface area contributed by atoms with Gasteiger partial charge in [-0.15, -0.1) is 0 Å². The third-order valence-electron chi connectivity index (χ3n) is 7.31. The number of piperazine rings is 1. The zero-order valence-corrected chi connectivity index (χ0v) is 22.8. The second-order valence-corrected chi connectivity index (χ2v) is 10.6. The second-order valence-electron chi connectivity index (χ2n) is 10.1. The Bertz CT molecular complexity index is 1480. The van der Waals surface area contributed by atoms with Gasteiger partial charge in [-0.2, -0.15) is 0 Å². The molecule has 0 aliphatic carbocycles. The molecule has 1 aliphatic heterocycles. The van der Waals surface area contributed by atoms with E-state index < -0.39 is 5.97 Å². The molecular weight excluding hydrogens is 510 g/mol. The number of nitrogens with zero attached hydrogens (tertiary/aromatic N) is 3. The number of carboxylic acid groups (broad SMARTS) is 1. The molecule has 2 heterocycles. The molecule has 3 aromatic carbocycles. The van der Waals surface area contributed by atoms with E-state index in [1.807, 2.05) is 47.4 Å². The van der Waals surface area contributed by atoms with Crippen LogP contribution in [0, 0.1) is 6.92 Å². The molecule has 1 aliphatic rings. The summed E-state index contributed by atoms with van der Waals surface area (Å²) in [5, 5.41) is 10.6. The molecule has 4 aromatic rings. The minimum absolute atomic E-state index is 0.0326. The van der Waals surface area contributed by atoms with Gasteiger partial charge in [-0.1, -0.05) is 41.4 Å². The molecule has 1 N–H and O–H groups in total. The number of pyridine rings is 1. The summed E-state index contributed by atoms with van der Waals surface area (Å²) in [5.41, 5.74) is 6.76. The number of aliphatic carboxylic acids is 1. The first-order valence-corrected chi connectivity index (χ1v) is 13.8. The molecule has 0 bridgehead atoms. The molecule has 0 saturated carbocycles. The third-order valence-corrected chi connectivity index (χ3v) is 7.56. The summed E-state index contributed by atoms with van der Waals surface area (Å²) in [4.78, 5) is 33.6. The number of hydrogen-bond donors (Lipinski definition) is 1. The van der Waals surface area contributed by atoms with Crippen molar-refractivity contribution in [1.82, 2.24) is 9.88 Å². The van der Waals surface area contributed by atoms with E-state index in [2.05, 4.69) is 42.2 Å². The highest BCUT2D eigenvalue weighted by Gasteiger charge is 2.23. The zero-order valence-electron chi connectivity index (χ0n) is 22.1. The number of halogens is 1. The van der Waals surface area contributed by atoms with Crippen molar-refractivity contribution in [1.29, 1.82) is 0 Å². The monoisotopic (exact) mass is 541 g/mol. The van der Waals surface area contributed by atoms with Crippen molar-refractivity contribution in [2.75, 3.05) is 31.1 Å². The molecule has 0 unspecified atom stereocenters. The first-order chi connectivity index (χ1) is 18.9. The number of hydrogen-bond acceptors (Lipinski definition) is 4. The van der Waals surface area contributed by atoms with E-state index in [4.69, 9.17) is 21.7 Å². The Hall–Kier alpha value is -3.90. The van der Waals surface area contributed by atoms with Crippen LogP contribution in [0.2, 0.25) is 5.02 Å². The Morgan fingerprint density at radius 2 is 1.62 bits per heavy atom. The maximum Gasteiger partial charge on any atom is 0.303 e. The average Bonchev–Trinajstić information content (AvgIpc) is 2.95. The fourth-order valence-electron chi connectivity index (χ4n) is 5.10. The fraction of sp³-hybridized carbons (Fsp3) is 0.281. The van der Waals surface area contributed by atoms with E-state index in [0.29, 0.717) is 36.5 Å². The largest absolute Gasteiger partial charge is 0.481 e. The number of benzene rings is 3. The topological polar surface area (TPSA) is 73.7 Å². The predicted octanol–water partition coefficient (Wildman–Crippen LogP) is 6.62. The molecule has 200 valence electrons. The van der Waals surface area contributed by atoms with Gasteiger partial charge in [0.1, 0.15) is 0 Å². The Labute approximate surface area is 233 Å². The van der Waals surface area contributed by atoms with Crippen LogP contribution in [0.25, 0.3) is 22.2 Å². The van der Waals surface area contributed by atoms with Crippen molar-refractivity contribution >= 4 is 40.1 Å². The highest BCUT2D eigenvalue weighted by atomic mass is 35.5. The van der Waals surface area contributed by atoms with Gasteiger partial charge < -0.3 is 14.9 Å². The third kappa shape index (κ3) is 6.40. The average molecular weight is 542 g/mol. The normalized spacial score (nSPS) is 13.6. The lowest BCUT2D eigenvalue weighted by atomic mass is 9.98. The van der Waals surface area contributed by atoms with E-state index >= 15 is 0 Å². The lowest BCUT2D eigenvalue weighted by Crippen LogP contribution is -2.48. The number of amides is 1. The summed E-state index contributed by atoms with van der Waals surface area (Å²) in [6, 6.07) is 23.9. The lowest BCUT2D eigenvalue weighted by molar-refractivity contribution is -0.137. The maximum absolute atomic E-state index is 13.4. The maximum atomic E-state index is 13.4. The SMILES string of the molecule is Cc1ccc(N2CCN(C(=O)c3ccc4nc(-c5ccc(Cl)cc5)c(CCCCC(=O)O)cc4c3)CC2)cc1. The van der Waals surface area contributed by atoms with E-state index in [1.54, 1.807) is 0 Å². The van der Waals surface area contributed by atoms with Crippen LogP contribution >= 0.6 is 11.6 Å². The zero-order chi connectivity index (χ0) is 27.4. The molecule has 7 heteroatoms. The predicted molar refractivity (Wildman–Crippen MR) is 157 cm³/mol. The molecule has 1 fully saturated rings. The number of aromatic nitrogens is 1. The number of anilines is 1. The summed E-state index contributed by atoms with van der Waals surface area (Å²) in [7, 11) is 0. The Balaban J connectivity index is 1.36. The minimum atomic E-state index is -0.785. The van der Waals surface area contributed by atoms with Gasteiger partial charge in [0.15, 0.2) is 0 Å². The van der Waals surface area contributed by atoms with Gasteiger partial charge in [0.2, 0.25) is 0 Å². The van der Waals surface area contributed by atoms with Crippen LogP contribution in [0.4, 0.5) is 5.69 Å². The highest BCUT2D eigenvalue weighted by molar-refractivity contribution is 6.30. The van der Waals surface area contributed by atoms with Crippen LogP contribution in [-0.2, 0) is 11.2 Å². The summed E-state index contributed by atoms with van der Waals surface area (Å²) < 4.78 is 0. The first-order valence-electron chi connectivity index (χ1n) is 13.4. The standard InChI is InChI=1S/C32H32ClN3O3/c1-22-6-13-28(14-7-22)35-16-18-36(19-17-35)32(39)25-10-15-29-26(21-25)20-24(4-2-3-5-30(37)38)31(34-29)23-8-11-27(33)12-9-23/h6-15,20-21H,2-5,16-19H2,1H3,(H,37,38). The van der Waals surface area contributed by atoms with Crippen molar-refractivity contribution in [3.63, 3.8) is 0 Å². The number of fused-ring (bicyclic) bond motifs is 1. The number of rotatable bonds is 8. The molecule has 6 nitrogen and oxygen atoms in total. The second kappa shape index (κ2) is 11.9. The highest BCUT2D eigenvalue weighted by Crippen LogP contribution is 2.29. The summed E-state index contributed by atoms with van der Waals surface area (Å²) in [5.74, 6) is -0.752. The van der Waals surface area contributed by atoms with E-state index in [1.165, 1.54) is 11.3 Å². The van der Waals surface area contributed by atoms with Gasteiger partial charge >= 0.3 is 5.97 Å². The first kappa shape index (κ1) is 26.7. The van der Waals surface area contributed by atoms with Gasteiger partial charge in [-0.3, -0.25) is 9.59 Å². The van der Waals surface area contributed by atoms with Crippen molar-refractivity contribution in [3.8, 4) is 11.3 Å². The molecule has 0 radical (unpaired) electrons. The molecule has 0 spiro atoms. The van der Waals surface area contributed by atoms with Crippen LogP contribution in [-0.4, -0.2) is 53.0 Å². The quantitative estimate of drug-likeness (QED) is 0.254. The van der Waals surface area contributed by atoms with Crippen molar-refractivity contribution in [2.45, 2.75) is 32.6 Å². The van der Waals surface area contributed by atoms with Crippen molar-refractivity contribution in [2.24, 2.45) is 0 Å². The Kier molecular flexibility index (Phi) is 8.13. The molecular formula is C32H32ClN3O3. The molecule has 5 rings (SSSR count). The van der Waals surface area contributed by atoms with Gasteiger partial charge in [-0.25, -0.2) is 4.98 Å². The van der Waals surface area contributed by atoms with Crippen LogP contribution in [0.5, 0.6) is 0 Å². The van der Waals surface area contributed by atoms with Crippen LogP contribution in [0.1, 0.15) is 40.7 Å². The molecule has 0 atom stereocenters. The Morgan fingerprint density at radius 1 is 0.897 bits per heavy atom. The number of carbonyl (C=O) groups is 2. The molecule has 39 heavy (non-hydrogen) atoms. The van der Waals surface area contributed by atoms with Crippen molar-refractivity contribution < 1.29 is 14.7 Å². The number of carboxylic acids is 1. The van der Waals surface area contributed by atoms with Gasteiger partial charge in [0.25, 0.3) is 5.91 Å². The number of unbranched alkanes of at least 4 members (excludes halogenated alkanes) is 1. The smallest absolute Gasteiger partial charge is 0.303 e. The van der Waals surface area contributed by atoms with Crippen molar-refractivity contribution in [3.05, 3.63) is 94.5 Å². The lowest BCUT2D eigenvalue weighted by Gasteiger charge is -2.36. The minimum Gasteiger partial charge on any atom is -0.481 e. The molecule has 1 saturated heterocycles. The van der Waals surface area contributed by atoms with Gasteiger partial charge in [0.05, 0.1) is 11.2 Å². The summed E-state index contributed by atoms with van der Waals surface area (Å²) in [6.45, 7) is 5.03. The van der Waals surface area contributed by atoms with Gasteiger partial charge in [-0.05, 0) is 80.3 Å². The van der Waals surface area contributed by atoms with Gasteiger partial charge in [0, 0.05) is 59.8 Å². The van der Waals surface area contributed by atoms with E-state index in [0.717, 1.165) is 47.2 Å². The van der Waals surface area contributed by atoms with Crippen LogP contribution in [0.3, 0.4) is 0 Å². The summed E-state index contributed by atoms with van der Waals surface area (Å²) in [6.07, 6.45) is 2.19. The summed E-state index contributed by atoms with van der Waals surface area (Å²) >= 11 is 6.11. The molecule has 1 aromatic heterocycles. The van der Waals surface area contributed by atoms with Crippen LogP contribution in [0.15, 0.2) is 72.8 Å². The van der Waals surface area contributed by atoms with E-state index in [-0.39, 0.29) is 12.3 Å². The number of carbonyl (C=O) groups excluding carboxylic acids is 1. The molecule has 1 amide bonds. The van der Waals surface area contributed by atoms with Crippen LogP contribution < -0.4 is 4.90 Å². The number of aryl methyl sites for hydroxylation is 2. The fourth-order valence-corrected chi connectivity index (χ4v) is 5.23.